The zero-order valence-corrected chi connectivity index (χ0v) is 22.8. The zero-order chi connectivity index (χ0) is 24.9. The van der Waals surface area contributed by atoms with Gasteiger partial charge in [0.25, 0.3) is 0 Å². The Hall–Kier alpha value is -2.14. The van der Waals surface area contributed by atoms with Crippen LogP contribution in [0.2, 0.25) is 0 Å². The lowest BCUT2D eigenvalue weighted by molar-refractivity contribution is -0.0967. The van der Waals surface area contributed by atoms with Gasteiger partial charge in [0.1, 0.15) is 16.5 Å². The number of likely N-dealkylation sites (tertiary alicyclic amines) is 2. The van der Waals surface area contributed by atoms with E-state index in [1.807, 2.05) is 6.20 Å². The first-order chi connectivity index (χ1) is 18.1. The first-order valence-electron chi connectivity index (χ1n) is 14.1. The lowest BCUT2D eigenvalue weighted by Gasteiger charge is -2.59. The monoisotopic (exact) mass is 522 g/mol. The van der Waals surface area contributed by atoms with E-state index in [0.717, 1.165) is 77.3 Å². The second-order valence-electron chi connectivity index (χ2n) is 11.6. The van der Waals surface area contributed by atoms with Gasteiger partial charge in [0.15, 0.2) is 0 Å². The van der Waals surface area contributed by atoms with Crippen LogP contribution < -0.4 is 5.32 Å². The summed E-state index contributed by atoms with van der Waals surface area (Å²) in [6.07, 6.45) is 13.2. The molecule has 0 radical (unpaired) electrons. The molecule has 2 bridgehead atoms. The largest absolute Gasteiger partial charge is 0.381 e. The van der Waals surface area contributed by atoms with Crippen LogP contribution in [-0.4, -0.2) is 91.4 Å². The Balaban J connectivity index is 1.04. The average Bonchev–Trinajstić information content (AvgIpc) is 3.52. The fourth-order valence-corrected chi connectivity index (χ4v) is 7.97. The fourth-order valence-electron chi connectivity index (χ4n) is 7.18. The van der Waals surface area contributed by atoms with Crippen molar-refractivity contribution in [1.29, 1.82) is 0 Å². The van der Waals surface area contributed by atoms with Crippen LogP contribution >= 0.6 is 11.5 Å². The highest BCUT2D eigenvalue weighted by atomic mass is 32.1. The maximum absolute atomic E-state index is 5.51. The quantitative estimate of drug-likeness (QED) is 0.525. The molecule has 0 aromatic carbocycles. The Morgan fingerprint density at radius 2 is 1.78 bits per heavy atom. The van der Waals surface area contributed by atoms with Crippen LogP contribution in [-0.2, 0) is 11.2 Å². The highest BCUT2D eigenvalue weighted by molar-refractivity contribution is 7.13. The summed E-state index contributed by atoms with van der Waals surface area (Å²) >= 11 is 1.48. The predicted molar refractivity (Wildman–Crippen MR) is 145 cm³/mol. The van der Waals surface area contributed by atoms with Crippen molar-refractivity contribution in [1.82, 2.24) is 33.9 Å². The molecule has 6 heterocycles. The smallest absolute Gasteiger partial charge is 0.149 e. The normalized spacial score (nSPS) is 29.5. The van der Waals surface area contributed by atoms with E-state index < -0.39 is 0 Å². The van der Waals surface area contributed by atoms with E-state index in [1.165, 1.54) is 56.7 Å². The first-order valence-corrected chi connectivity index (χ1v) is 14.8. The number of rotatable bonds is 6. The molecule has 1 saturated carbocycles. The molecule has 2 unspecified atom stereocenters. The zero-order valence-electron chi connectivity index (χ0n) is 22.0. The summed E-state index contributed by atoms with van der Waals surface area (Å²) in [5.74, 6) is 1.81. The van der Waals surface area contributed by atoms with Gasteiger partial charge in [-0.15, -0.1) is 0 Å². The van der Waals surface area contributed by atoms with E-state index in [1.54, 1.807) is 0 Å². The van der Waals surface area contributed by atoms with E-state index in [0.29, 0.717) is 18.5 Å². The van der Waals surface area contributed by atoms with Gasteiger partial charge in [0.05, 0.1) is 23.3 Å². The fraction of sp³-hybridized carbons (Fsp3) is 0.704. The lowest BCUT2D eigenvalue weighted by atomic mass is 9.80. The molecule has 1 N–H and O–H groups in total. The molecule has 3 saturated heterocycles. The van der Waals surface area contributed by atoms with Crippen molar-refractivity contribution >= 4 is 27.6 Å². The number of piperazine rings is 1. The number of aryl methyl sites for hydroxylation is 1. The van der Waals surface area contributed by atoms with E-state index >= 15 is 0 Å². The van der Waals surface area contributed by atoms with Crippen LogP contribution in [0.3, 0.4) is 0 Å². The number of hydrogen-bond donors (Lipinski definition) is 1. The molecule has 1 aliphatic carbocycles. The third kappa shape index (κ3) is 4.66. The second-order valence-corrected chi connectivity index (χ2v) is 12.4. The molecule has 198 valence electrons. The molecule has 4 aliphatic rings. The van der Waals surface area contributed by atoms with Crippen LogP contribution in [0.5, 0.6) is 0 Å². The summed E-state index contributed by atoms with van der Waals surface area (Å²) in [6, 6.07) is 3.23. The molecule has 4 fully saturated rings. The summed E-state index contributed by atoms with van der Waals surface area (Å²) in [5.41, 5.74) is 2.18. The molecular weight excluding hydrogens is 484 g/mol. The maximum Gasteiger partial charge on any atom is 0.149 e. The van der Waals surface area contributed by atoms with Crippen LogP contribution in [0.25, 0.3) is 10.2 Å². The number of fused-ring (bicyclic) bond motifs is 3. The van der Waals surface area contributed by atoms with E-state index in [-0.39, 0.29) is 0 Å². The van der Waals surface area contributed by atoms with Crippen molar-refractivity contribution in [2.75, 3.05) is 38.7 Å². The van der Waals surface area contributed by atoms with E-state index in [4.69, 9.17) is 14.7 Å². The molecule has 2 atom stereocenters. The molecule has 37 heavy (non-hydrogen) atoms. The predicted octanol–water partition coefficient (Wildman–Crippen LogP) is 3.64. The number of nitrogens with one attached hydrogen (secondary N) is 1. The molecule has 3 aromatic rings. The summed E-state index contributed by atoms with van der Waals surface area (Å²) in [5, 5.41) is 9.58. The van der Waals surface area contributed by atoms with E-state index in [2.05, 4.69) is 49.4 Å². The lowest BCUT2D eigenvalue weighted by Crippen LogP contribution is -2.70. The maximum atomic E-state index is 5.51. The number of ether oxygens (including phenoxy) is 1. The van der Waals surface area contributed by atoms with Crippen molar-refractivity contribution in [2.45, 2.75) is 88.5 Å². The van der Waals surface area contributed by atoms with Crippen LogP contribution in [0, 0.1) is 6.92 Å². The van der Waals surface area contributed by atoms with Gasteiger partial charge < -0.3 is 15.0 Å². The number of likely N-dealkylation sites (N-methyl/N-ethyl adjacent to an activating group) is 1. The van der Waals surface area contributed by atoms with Gasteiger partial charge in [-0.1, -0.05) is 0 Å². The van der Waals surface area contributed by atoms with Crippen molar-refractivity contribution in [3.05, 3.63) is 29.5 Å². The molecule has 7 rings (SSSR count). The van der Waals surface area contributed by atoms with E-state index in [9.17, 15) is 0 Å². The minimum Gasteiger partial charge on any atom is -0.381 e. The second kappa shape index (κ2) is 9.87. The number of anilines is 1. The molecule has 9 nitrogen and oxygen atoms in total. The number of hydrogen-bond acceptors (Lipinski definition) is 9. The Bertz CT molecular complexity index is 1230. The minimum atomic E-state index is 0.430. The Morgan fingerprint density at radius 1 is 1.00 bits per heavy atom. The van der Waals surface area contributed by atoms with Gasteiger partial charge in [-0.05, 0) is 76.0 Å². The Morgan fingerprint density at radius 3 is 2.57 bits per heavy atom. The summed E-state index contributed by atoms with van der Waals surface area (Å²) in [6.45, 7) is 6.20. The summed E-state index contributed by atoms with van der Waals surface area (Å²) in [4.78, 5) is 16.3. The van der Waals surface area contributed by atoms with Gasteiger partial charge in [0, 0.05) is 63.1 Å². The highest BCUT2D eigenvalue weighted by Crippen LogP contribution is 2.39. The first kappa shape index (κ1) is 23.9. The molecule has 3 aromatic heterocycles. The van der Waals surface area contributed by atoms with Gasteiger partial charge in [0.2, 0.25) is 0 Å². The third-order valence-electron chi connectivity index (χ3n) is 9.03. The van der Waals surface area contributed by atoms with Gasteiger partial charge >= 0.3 is 0 Å². The molecule has 0 spiro atoms. The highest BCUT2D eigenvalue weighted by Gasteiger charge is 2.47. The van der Waals surface area contributed by atoms with Gasteiger partial charge in [-0.25, -0.2) is 9.97 Å². The summed E-state index contributed by atoms with van der Waals surface area (Å²) < 4.78 is 12.2. The van der Waals surface area contributed by atoms with Crippen LogP contribution in [0.15, 0.2) is 12.4 Å². The molecular formula is C27H38N8OS. The molecule has 3 aliphatic heterocycles. The molecule has 10 heteroatoms. The molecule has 0 amide bonds. The Kier molecular flexibility index (Phi) is 6.39. The average molecular weight is 523 g/mol. The Labute approximate surface area is 222 Å². The number of nitrogens with zero attached hydrogens (tertiary/aromatic N) is 7. The van der Waals surface area contributed by atoms with Crippen molar-refractivity contribution in [2.24, 2.45) is 0 Å². The standard InChI is InChI=1S/C27H38N8OS/c1-17-25-26(29-19-3-5-21(6-4-19)35-22-12-23(35)16-33(2)15-22)30-24(31-27(25)37-32-17)11-18-13-28-34(14-18)20-7-9-36-10-8-20/h13-14,19-23H,3-12,15-16H2,1-2H3,(H,29,30,31). The van der Waals surface area contributed by atoms with Crippen LogP contribution in [0.4, 0.5) is 5.82 Å². The van der Waals surface area contributed by atoms with Crippen molar-refractivity contribution in [3.8, 4) is 0 Å². The SMILES string of the molecule is Cc1nsc2nc(Cc3cnn(C4CCOCC4)c3)nc(NC3CCC(N4C5CC4CN(C)C5)CC3)c12. The summed E-state index contributed by atoms with van der Waals surface area (Å²) in [7, 11) is 2.27. The van der Waals surface area contributed by atoms with Gasteiger partial charge in [-0.2, -0.15) is 9.47 Å². The van der Waals surface area contributed by atoms with Crippen molar-refractivity contribution in [3.63, 3.8) is 0 Å². The van der Waals surface area contributed by atoms with Crippen LogP contribution in [0.1, 0.15) is 68.1 Å². The minimum absolute atomic E-state index is 0.430. The number of piperidine rings is 1. The topological polar surface area (TPSA) is 84.2 Å². The van der Waals surface area contributed by atoms with Crippen molar-refractivity contribution < 1.29 is 4.74 Å². The van der Waals surface area contributed by atoms with Gasteiger partial charge in [-0.3, -0.25) is 9.58 Å². The number of aromatic nitrogens is 5. The third-order valence-corrected chi connectivity index (χ3v) is 9.86.